The van der Waals surface area contributed by atoms with Crippen LogP contribution in [0.4, 0.5) is 0 Å². The Balaban J connectivity index is 4.54. The van der Waals surface area contributed by atoms with Crippen molar-refractivity contribution in [1.82, 2.24) is 0 Å². The first-order valence-electron chi connectivity index (χ1n) is 4.04. The highest BCUT2D eigenvalue weighted by Crippen LogP contribution is 2.05. The van der Waals surface area contributed by atoms with Gasteiger partial charge in [-0.25, -0.2) is 4.79 Å². The quantitative estimate of drug-likeness (QED) is 0.367. The third-order valence-electron chi connectivity index (χ3n) is 1.28. The Kier molecular flexibility index (Phi) is 5.09. The zero-order chi connectivity index (χ0) is 9.56. The molecule has 2 nitrogen and oxygen atoms in total. The van der Waals surface area contributed by atoms with Gasteiger partial charge < -0.3 is 4.74 Å². The van der Waals surface area contributed by atoms with E-state index in [9.17, 15) is 4.79 Å². The van der Waals surface area contributed by atoms with Crippen LogP contribution in [-0.2, 0) is 9.53 Å². The fourth-order valence-electron chi connectivity index (χ4n) is 0.848. The van der Waals surface area contributed by atoms with Crippen LogP contribution in [0.2, 0.25) is 0 Å². The largest absolute Gasteiger partial charge is 0.465 e. The van der Waals surface area contributed by atoms with Gasteiger partial charge in [-0.05, 0) is 12.8 Å². The molecule has 0 saturated carbocycles. The van der Waals surface area contributed by atoms with Gasteiger partial charge in [0.05, 0.1) is 12.7 Å². The molecule has 0 rings (SSSR count). The number of methoxy groups -OCH3 is 1. The molecule has 0 fully saturated rings. The van der Waals surface area contributed by atoms with Gasteiger partial charge in [0.25, 0.3) is 0 Å². The Morgan fingerprint density at radius 3 is 2.33 bits per heavy atom. The Morgan fingerprint density at radius 1 is 1.42 bits per heavy atom. The average Bonchev–Trinajstić information content (AvgIpc) is 2.01. The third kappa shape index (κ3) is 3.96. The van der Waals surface area contributed by atoms with E-state index >= 15 is 0 Å². The van der Waals surface area contributed by atoms with Gasteiger partial charge >= 0.3 is 5.97 Å². The summed E-state index contributed by atoms with van der Waals surface area (Å²) in [6.45, 7) is 5.91. The van der Waals surface area contributed by atoms with Gasteiger partial charge in [-0.3, -0.25) is 0 Å². The molecule has 0 atom stereocenters. The predicted molar refractivity (Wildman–Crippen MR) is 49.8 cm³/mol. The van der Waals surface area contributed by atoms with Crippen molar-refractivity contribution in [3.8, 4) is 0 Å². The van der Waals surface area contributed by atoms with E-state index in [2.05, 4.69) is 4.74 Å². The highest BCUT2D eigenvalue weighted by Gasteiger charge is 2.05. The van der Waals surface area contributed by atoms with Crippen molar-refractivity contribution < 1.29 is 9.53 Å². The minimum absolute atomic E-state index is 0.276. The van der Waals surface area contributed by atoms with E-state index < -0.39 is 0 Å². The minimum atomic E-state index is -0.276. The van der Waals surface area contributed by atoms with Crippen molar-refractivity contribution in [3.63, 3.8) is 0 Å². The van der Waals surface area contributed by atoms with Crippen LogP contribution < -0.4 is 0 Å². The number of ether oxygens (including phenoxy) is 1. The van der Waals surface area contributed by atoms with Gasteiger partial charge in [0.15, 0.2) is 0 Å². The number of esters is 1. The highest BCUT2D eigenvalue weighted by molar-refractivity contribution is 5.91. The van der Waals surface area contributed by atoms with E-state index in [1.54, 1.807) is 6.08 Å². The molecule has 0 aliphatic carbocycles. The summed E-state index contributed by atoms with van der Waals surface area (Å²) in [5.74, 6) is 0.0806. The Morgan fingerprint density at radius 2 is 2.00 bits per heavy atom. The fourth-order valence-corrected chi connectivity index (χ4v) is 0.848. The summed E-state index contributed by atoms with van der Waals surface area (Å²) >= 11 is 0. The monoisotopic (exact) mass is 168 g/mol. The summed E-state index contributed by atoms with van der Waals surface area (Å²) in [4.78, 5) is 11.1. The van der Waals surface area contributed by atoms with Crippen molar-refractivity contribution in [1.29, 1.82) is 0 Å². The molecule has 68 valence electrons. The smallest absolute Gasteiger partial charge is 0.337 e. The van der Waals surface area contributed by atoms with Crippen molar-refractivity contribution in [3.05, 3.63) is 23.8 Å². The van der Waals surface area contributed by atoms with E-state index in [0.717, 1.165) is 0 Å². The van der Waals surface area contributed by atoms with Crippen LogP contribution in [0.5, 0.6) is 0 Å². The summed E-state index contributed by atoms with van der Waals surface area (Å²) in [5.41, 5.74) is 0.620. The summed E-state index contributed by atoms with van der Waals surface area (Å²) in [7, 11) is 1.39. The molecule has 0 N–H and O–H groups in total. The lowest BCUT2D eigenvalue weighted by molar-refractivity contribution is -0.135. The first-order valence-corrected chi connectivity index (χ1v) is 4.04. The molecule has 0 unspecified atom stereocenters. The fraction of sp³-hybridized carbons (Fsp3) is 0.500. The van der Waals surface area contributed by atoms with Crippen molar-refractivity contribution in [2.45, 2.75) is 20.8 Å². The second kappa shape index (κ2) is 5.58. The Hall–Kier alpha value is -1.05. The molecule has 0 aromatic heterocycles. The van der Waals surface area contributed by atoms with Gasteiger partial charge in [0, 0.05) is 0 Å². The molecule has 12 heavy (non-hydrogen) atoms. The number of allylic oxidation sites excluding steroid dienone is 2. The SMILES string of the molecule is C/C=C\C(=C\C(C)C)C(=O)OC. The van der Waals surface area contributed by atoms with Crippen LogP contribution in [0.15, 0.2) is 23.8 Å². The standard InChI is InChI=1S/C10H16O2/c1-5-6-9(7-8(2)3)10(11)12-4/h5-8H,1-4H3/b6-5-,9-7-. The molecule has 0 amide bonds. The molecule has 0 aliphatic heterocycles. The van der Waals surface area contributed by atoms with Crippen molar-refractivity contribution >= 4 is 5.97 Å². The van der Waals surface area contributed by atoms with Crippen molar-refractivity contribution in [2.24, 2.45) is 5.92 Å². The molecule has 0 aliphatic rings. The van der Waals surface area contributed by atoms with E-state index in [4.69, 9.17) is 0 Å². The van der Waals surface area contributed by atoms with Crippen LogP contribution >= 0.6 is 0 Å². The number of carbonyl (C=O) groups excluding carboxylic acids is 1. The number of hydrogen-bond donors (Lipinski definition) is 0. The summed E-state index contributed by atoms with van der Waals surface area (Å²) in [5, 5.41) is 0. The number of rotatable bonds is 3. The van der Waals surface area contributed by atoms with Crippen LogP contribution in [-0.4, -0.2) is 13.1 Å². The zero-order valence-electron chi connectivity index (χ0n) is 8.13. The Bertz CT molecular complexity index is 200. The molecule has 0 radical (unpaired) electrons. The van der Waals surface area contributed by atoms with Crippen LogP contribution in [0.1, 0.15) is 20.8 Å². The predicted octanol–water partition coefficient (Wildman–Crippen LogP) is 2.32. The highest BCUT2D eigenvalue weighted by atomic mass is 16.5. The maximum Gasteiger partial charge on any atom is 0.337 e. The topological polar surface area (TPSA) is 26.3 Å². The lowest BCUT2D eigenvalue weighted by Crippen LogP contribution is -2.03. The maximum absolute atomic E-state index is 11.1. The molecule has 0 aromatic carbocycles. The van der Waals surface area contributed by atoms with E-state index in [-0.39, 0.29) is 5.97 Å². The molecule has 0 aromatic rings. The van der Waals surface area contributed by atoms with Gasteiger partial charge in [0.1, 0.15) is 0 Å². The number of hydrogen-bond acceptors (Lipinski definition) is 2. The summed E-state index contributed by atoms with van der Waals surface area (Å²) in [6, 6.07) is 0. The molecule has 2 heteroatoms. The average molecular weight is 168 g/mol. The third-order valence-corrected chi connectivity index (χ3v) is 1.28. The van der Waals surface area contributed by atoms with E-state index in [1.165, 1.54) is 7.11 Å². The molecule has 0 saturated heterocycles. The number of carbonyl (C=O) groups is 1. The second-order valence-corrected chi connectivity index (χ2v) is 2.86. The van der Waals surface area contributed by atoms with E-state index in [0.29, 0.717) is 11.5 Å². The maximum atomic E-state index is 11.1. The van der Waals surface area contributed by atoms with Crippen LogP contribution in [0, 0.1) is 5.92 Å². The molecular weight excluding hydrogens is 152 g/mol. The lowest BCUT2D eigenvalue weighted by Gasteiger charge is -2.01. The first-order chi connectivity index (χ1) is 5.61. The summed E-state index contributed by atoms with van der Waals surface area (Å²) < 4.78 is 4.61. The van der Waals surface area contributed by atoms with Crippen molar-refractivity contribution in [2.75, 3.05) is 7.11 Å². The molecule has 0 bridgehead atoms. The van der Waals surface area contributed by atoms with Gasteiger partial charge in [-0.2, -0.15) is 0 Å². The lowest BCUT2D eigenvalue weighted by atomic mass is 10.1. The van der Waals surface area contributed by atoms with E-state index in [1.807, 2.05) is 32.9 Å². The Labute approximate surface area is 73.9 Å². The molecule has 0 spiro atoms. The molecular formula is C10H16O2. The van der Waals surface area contributed by atoms with Gasteiger partial charge in [0.2, 0.25) is 0 Å². The minimum Gasteiger partial charge on any atom is -0.465 e. The van der Waals surface area contributed by atoms with Gasteiger partial charge in [-0.1, -0.05) is 32.1 Å². The zero-order valence-corrected chi connectivity index (χ0v) is 8.13. The summed E-state index contributed by atoms with van der Waals surface area (Å²) in [6.07, 6.45) is 5.46. The van der Waals surface area contributed by atoms with Crippen LogP contribution in [0.3, 0.4) is 0 Å². The second-order valence-electron chi connectivity index (χ2n) is 2.86. The van der Waals surface area contributed by atoms with Crippen LogP contribution in [0.25, 0.3) is 0 Å². The molecule has 0 heterocycles. The van der Waals surface area contributed by atoms with Gasteiger partial charge in [-0.15, -0.1) is 0 Å². The first kappa shape index (κ1) is 11.0. The normalized spacial score (nSPS) is 12.6.